The fourth-order valence-electron chi connectivity index (χ4n) is 0.827. The van der Waals surface area contributed by atoms with Gasteiger partial charge in [-0.25, -0.2) is 0 Å². The van der Waals surface area contributed by atoms with Crippen molar-refractivity contribution in [1.82, 2.24) is 0 Å². The van der Waals surface area contributed by atoms with Gasteiger partial charge >= 0.3 is 0 Å². The van der Waals surface area contributed by atoms with E-state index in [4.69, 9.17) is 5.73 Å². The number of nitrogen functional groups attached to an aromatic ring is 1. The van der Waals surface area contributed by atoms with Crippen molar-refractivity contribution in [2.24, 2.45) is 0 Å². The standard InChI is InChI=1S/C8H11N.CH4/c1-6-4-3-5-7(2)8(6)9;/h3-5H,9H2,1-2H3;1H4. The molecule has 0 aromatic heterocycles. The second-order valence-corrected chi connectivity index (χ2v) is 2.31. The van der Waals surface area contributed by atoms with E-state index in [2.05, 4.69) is 0 Å². The van der Waals surface area contributed by atoms with E-state index in [1.807, 2.05) is 32.0 Å². The van der Waals surface area contributed by atoms with Crippen LogP contribution in [0, 0.1) is 13.8 Å². The van der Waals surface area contributed by atoms with Gasteiger partial charge in [0.1, 0.15) is 0 Å². The first-order chi connectivity index (χ1) is 4.22. The second-order valence-electron chi connectivity index (χ2n) is 2.31. The van der Waals surface area contributed by atoms with E-state index in [0.29, 0.717) is 0 Å². The van der Waals surface area contributed by atoms with Crippen LogP contribution in [0.5, 0.6) is 0 Å². The molecule has 0 atom stereocenters. The molecule has 10 heavy (non-hydrogen) atoms. The number of benzene rings is 1. The number of anilines is 1. The first-order valence-electron chi connectivity index (χ1n) is 3.03. The van der Waals surface area contributed by atoms with Gasteiger partial charge in [0, 0.05) is 5.69 Å². The summed E-state index contributed by atoms with van der Waals surface area (Å²) in [7, 11) is 0. The summed E-state index contributed by atoms with van der Waals surface area (Å²) in [5.41, 5.74) is 8.92. The highest BCUT2D eigenvalue weighted by atomic mass is 14.6. The first kappa shape index (κ1) is 9.02. The van der Waals surface area contributed by atoms with Gasteiger partial charge in [-0.3, -0.25) is 0 Å². The summed E-state index contributed by atoms with van der Waals surface area (Å²) < 4.78 is 0. The predicted molar refractivity (Wildman–Crippen MR) is 47.1 cm³/mol. The minimum atomic E-state index is 0. The van der Waals surface area contributed by atoms with E-state index >= 15 is 0 Å². The minimum absolute atomic E-state index is 0. The molecule has 0 saturated heterocycles. The summed E-state index contributed by atoms with van der Waals surface area (Å²) in [6.45, 7) is 4.03. The number of para-hydroxylation sites is 1. The van der Waals surface area contributed by atoms with Crippen LogP contribution in [0.1, 0.15) is 18.6 Å². The summed E-state index contributed by atoms with van der Waals surface area (Å²) in [6.07, 6.45) is 0. The normalized spacial score (nSPS) is 8.60. The largest absolute Gasteiger partial charge is 0.398 e. The molecule has 2 N–H and O–H groups in total. The molecule has 1 aromatic rings. The van der Waals surface area contributed by atoms with Crippen LogP contribution in [0.15, 0.2) is 18.2 Å². The van der Waals surface area contributed by atoms with Gasteiger partial charge in [0.05, 0.1) is 0 Å². The quantitative estimate of drug-likeness (QED) is 0.546. The van der Waals surface area contributed by atoms with E-state index in [9.17, 15) is 0 Å². The predicted octanol–water partition coefficient (Wildman–Crippen LogP) is 2.52. The molecule has 56 valence electrons. The smallest absolute Gasteiger partial charge is 0.0373 e. The van der Waals surface area contributed by atoms with Gasteiger partial charge in [0.15, 0.2) is 0 Å². The molecular weight excluding hydrogens is 122 g/mol. The highest BCUT2D eigenvalue weighted by molar-refractivity contribution is 5.52. The Bertz CT molecular complexity index is 196. The minimum Gasteiger partial charge on any atom is -0.398 e. The average Bonchev–Trinajstić information content (AvgIpc) is 1.83. The first-order valence-corrected chi connectivity index (χ1v) is 3.03. The lowest BCUT2D eigenvalue weighted by Crippen LogP contribution is -1.91. The zero-order valence-electron chi connectivity index (χ0n) is 5.81. The van der Waals surface area contributed by atoms with Gasteiger partial charge in [-0.05, 0) is 25.0 Å². The third kappa shape index (κ3) is 1.50. The van der Waals surface area contributed by atoms with Crippen molar-refractivity contribution < 1.29 is 0 Å². The van der Waals surface area contributed by atoms with Gasteiger partial charge in [0.2, 0.25) is 0 Å². The lowest BCUT2D eigenvalue weighted by atomic mass is 10.1. The van der Waals surface area contributed by atoms with Crippen molar-refractivity contribution in [2.45, 2.75) is 21.3 Å². The summed E-state index contributed by atoms with van der Waals surface area (Å²) in [6, 6.07) is 6.05. The zero-order chi connectivity index (χ0) is 6.85. The SMILES string of the molecule is C.Cc1cccc(C)c1N. The summed E-state index contributed by atoms with van der Waals surface area (Å²) in [5, 5.41) is 0. The van der Waals surface area contributed by atoms with Gasteiger partial charge in [-0.15, -0.1) is 0 Å². The Morgan fingerprint density at radius 2 is 1.50 bits per heavy atom. The maximum absolute atomic E-state index is 5.68. The molecule has 0 spiro atoms. The van der Waals surface area contributed by atoms with Crippen LogP contribution in [0.4, 0.5) is 5.69 Å². The molecule has 0 amide bonds. The molecule has 0 aliphatic rings. The summed E-state index contributed by atoms with van der Waals surface area (Å²) >= 11 is 0. The van der Waals surface area contributed by atoms with Crippen molar-refractivity contribution in [2.75, 3.05) is 5.73 Å². The van der Waals surface area contributed by atoms with E-state index in [1.165, 1.54) is 0 Å². The zero-order valence-corrected chi connectivity index (χ0v) is 5.81. The maximum Gasteiger partial charge on any atom is 0.0373 e. The Labute approximate surface area is 62.9 Å². The van der Waals surface area contributed by atoms with Crippen LogP contribution >= 0.6 is 0 Å². The van der Waals surface area contributed by atoms with Crippen LogP contribution < -0.4 is 5.73 Å². The number of hydrogen-bond acceptors (Lipinski definition) is 1. The molecule has 0 heterocycles. The maximum atomic E-state index is 5.68. The molecule has 1 nitrogen and oxygen atoms in total. The van der Waals surface area contributed by atoms with Gasteiger partial charge in [0.25, 0.3) is 0 Å². The van der Waals surface area contributed by atoms with E-state index < -0.39 is 0 Å². The Kier molecular flexibility index (Phi) is 2.94. The van der Waals surface area contributed by atoms with E-state index in [1.54, 1.807) is 0 Å². The highest BCUT2D eigenvalue weighted by Gasteiger charge is 1.92. The van der Waals surface area contributed by atoms with Crippen LogP contribution in [0.25, 0.3) is 0 Å². The fraction of sp³-hybridized carbons (Fsp3) is 0.333. The molecule has 0 unspecified atom stereocenters. The number of aryl methyl sites for hydroxylation is 2. The van der Waals surface area contributed by atoms with Crippen LogP contribution in [0.3, 0.4) is 0 Å². The molecule has 0 fully saturated rings. The number of rotatable bonds is 0. The van der Waals surface area contributed by atoms with Gasteiger partial charge in [-0.2, -0.15) is 0 Å². The Hall–Kier alpha value is -0.980. The van der Waals surface area contributed by atoms with Crippen LogP contribution in [-0.2, 0) is 0 Å². The van der Waals surface area contributed by atoms with Crippen molar-refractivity contribution in [3.05, 3.63) is 29.3 Å². The van der Waals surface area contributed by atoms with Crippen LogP contribution in [0.2, 0.25) is 0 Å². The molecule has 0 bridgehead atoms. The van der Waals surface area contributed by atoms with Gasteiger partial charge in [-0.1, -0.05) is 25.6 Å². The molecule has 0 saturated carbocycles. The van der Waals surface area contributed by atoms with Crippen molar-refractivity contribution in [3.63, 3.8) is 0 Å². The van der Waals surface area contributed by atoms with E-state index in [-0.39, 0.29) is 7.43 Å². The molecule has 0 aliphatic carbocycles. The fourth-order valence-corrected chi connectivity index (χ4v) is 0.827. The monoisotopic (exact) mass is 137 g/mol. The summed E-state index contributed by atoms with van der Waals surface area (Å²) in [4.78, 5) is 0. The molecule has 1 heteroatoms. The summed E-state index contributed by atoms with van der Waals surface area (Å²) in [5.74, 6) is 0. The molecule has 1 rings (SSSR count). The Morgan fingerprint density at radius 1 is 1.10 bits per heavy atom. The van der Waals surface area contributed by atoms with Crippen molar-refractivity contribution >= 4 is 5.69 Å². The topological polar surface area (TPSA) is 26.0 Å². The third-order valence-corrected chi connectivity index (χ3v) is 1.54. The number of hydrogen-bond donors (Lipinski definition) is 1. The van der Waals surface area contributed by atoms with Crippen LogP contribution in [-0.4, -0.2) is 0 Å². The van der Waals surface area contributed by atoms with Gasteiger partial charge < -0.3 is 5.73 Å². The Morgan fingerprint density at radius 3 is 1.80 bits per heavy atom. The molecule has 1 aromatic carbocycles. The Balaban J connectivity index is 0.000000810. The highest BCUT2D eigenvalue weighted by Crippen LogP contribution is 2.13. The number of nitrogens with two attached hydrogens (primary N) is 1. The molecule has 0 radical (unpaired) electrons. The average molecular weight is 137 g/mol. The second kappa shape index (κ2) is 3.25. The third-order valence-electron chi connectivity index (χ3n) is 1.54. The molecule has 0 aliphatic heterocycles. The van der Waals surface area contributed by atoms with Crippen molar-refractivity contribution in [1.29, 1.82) is 0 Å². The van der Waals surface area contributed by atoms with Crippen molar-refractivity contribution in [3.8, 4) is 0 Å². The molecular formula is C9H15N. The van der Waals surface area contributed by atoms with E-state index in [0.717, 1.165) is 16.8 Å². The lowest BCUT2D eigenvalue weighted by Gasteiger charge is -2.00. The lowest BCUT2D eigenvalue weighted by molar-refractivity contribution is 1.39.